The van der Waals surface area contributed by atoms with E-state index in [0.717, 1.165) is 36.4 Å². The van der Waals surface area contributed by atoms with E-state index in [-0.39, 0.29) is 5.92 Å². The molecule has 90 valence electrons. The van der Waals surface area contributed by atoms with Crippen LogP contribution < -0.4 is 5.32 Å². The van der Waals surface area contributed by atoms with Gasteiger partial charge in [-0.2, -0.15) is 5.26 Å². The molecule has 0 aliphatic heterocycles. The van der Waals surface area contributed by atoms with Crippen molar-refractivity contribution in [3.63, 3.8) is 0 Å². The van der Waals surface area contributed by atoms with Crippen molar-refractivity contribution in [2.45, 2.75) is 38.6 Å². The third kappa shape index (κ3) is 3.14. The molecule has 1 N–H and O–H groups in total. The predicted octanol–water partition coefficient (Wildman–Crippen LogP) is 4.14. The van der Waals surface area contributed by atoms with Crippen molar-refractivity contribution in [2.24, 2.45) is 5.92 Å². The zero-order chi connectivity index (χ0) is 12.3. The molecule has 0 amide bonds. The Hall–Kier alpha value is -1.20. The van der Waals surface area contributed by atoms with Crippen LogP contribution in [0.2, 0.25) is 5.02 Å². The second-order valence-electron chi connectivity index (χ2n) is 4.78. The van der Waals surface area contributed by atoms with Gasteiger partial charge in [-0.1, -0.05) is 17.7 Å². The number of hydrogen-bond donors (Lipinski definition) is 1. The van der Waals surface area contributed by atoms with Crippen LogP contribution in [-0.4, -0.2) is 6.04 Å². The smallest absolute Gasteiger partial charge is 0.0655 e. The molecule has 3 heteroatoms. The van der Waals surface area contributed by atoms with Crippen molar-refractivity contribution >= 4 is 17.3 Å². The summed E-state index contributed by atoms with van der Waals surface area (Å²) in [6.45, 7) is 2.08. The Morgan fingerprint density at radius 2 is 2.00 bits per heavy atom. The zero-order valence-electron chi connectivity index (χ0n) is 10.0. The first-order valence-corrected chi connectivity index (χ1v) is 6.49. The summed E-state index contributed by atoms with van der Waals surface area (Å²) in [7, 11) is 0. The lowest BCUT2D eigenvalue weighted by Crippen LogP contribution is -2.25. The maximum atomic E-state index is 8.86. The summed E-state index contributed by atoms with van der Waals surface area (Å²) in [6, 6.07) is 8.77. The van der Waals surface area contributed by atoms with E-state index in [2.05, 4.69) is 18.3 Å². The third-order valence-corrected chi connectivity index (χ3v) is 3.70. The minimum Gasteiger partial charge on any atom is -0.382 e. The van der Waals surface area contributed by atoms with Gasteiger partial charge < -0.3 is 5.32 Å². The van der Waals surface area contributed by atoms with Crippen molar-refractivity contribution in [3.05, 3.63) is 28.8 Å². The summed E-state index contributed by atoms with van der Waals surface area (Å²) in [5.41, 5.74) is 2.34. The molecule has 1 aliphatic rings. The molecule has 0 aromatic heterocycles. The Bertz CT molecular complexity index is 428. The van der Waals surface area contributed by atoms with Crippen LogP contribution in [0.3, 0.4) is 0 Å². The first-order chi connectivity index (χ1) is 8.19. The number of halogens is 1. The summed E-state index contributed by atoms with van der Waals surface area (Å²) >= 11 is 6.00. The van der Waals surface area contributed by atoms with Gasteiger partial charge in [0.05, 0.1) is 6.07 Å². The average Bonchev–Trinajstić information content (AvgIpc) is 2.35. The summed E-state index contributed by atoms with van der Waals surface area (Å²) in [6.07, 6.45) is 4.16. The zero-order valence-corrected chi connectivity index (χ0v) is 10.8. The maximum Gasteiger partial charge on any atom is 0.0655 e. The second-order valence-corrected chi connectivity index (χ2v) is 5.22. The Labute approximate surface area is 108 Å². The van der Waals surface area contributed by atoms with Gasteiger partial charge >= 0.3 is 0 Å². The average molecular weight is 249 g/mol. The number of rotatable bonds is 2. The van der Waals surface area contributed by atoms with Crippen LogP contribution in [0.5, 0.6) is 0 Å². The standard InChI is InChI=1S/C14H17ClN2/c1-10-2-5-12(15)8-14(10)17-13-6-3-11(9-16)4-7-13/h2,5,8,11,13,17H,3-4,6-7H2,1H3. The van der Waals surface area contributed by atoms with Crippen LogP contribution in [0.4, 0.5) is 5.69 Å². The number of benzene rings is 1. The molecule has 1 aromatic rings. The van der Waals surface area contributed by atoms with Crippen LogP contribution in [-0.2, 0) is 0 Å². The van der Waals surface area contributed by atoms with Gasteiger partial charge in [0.1, 0.15) is 0 Å². The molecule has 0 bridgehead atoms. The van der Waals surface area contributed by atoms with E-state index in [1.807, 2.05) is 18.2 Å². The van der Waals surface area contributed by atoms with Crippen LogP contribution in [0.1, 0.15) is 31.2 Å². The third-order valence-electron chi connectivity index (χ3n) is 3.47. The highest BCUT2D eigenvalue weighted by atomic mass is 35.5. The molecule has 1 fully saturated rings. The highest BCUT2D eigenvalue weighted by Crippen LogP contribution is 2.28. The maximum absolute atomic E-state index is 8.86. The summed E-state index contributed by atoms with van der Waals surface area (Å²) in [5, 5.41) is 13.2. The van der Waals surface area contributed by atoms with Gasteiger partial charge in [0.15, 0.2) is 0 Å². The lowest BCUT2D eigenvalue weighted by Gasteiger charge is -2.27. The molecule has 0 radical (unpaired) electrons. The van der Waals surface area contributed by atoms with Crippen molar-refractivity contribution in [1.82, 2.24) is 0 Å². The number of aryl methyl sites for hydroxylation is 1. The first kappa shape index (κ1) is 12.3. The Morgan fingerprint density at radius 1 is 1.29 bits per heavy atom. The van der Waals surface area contributed by atoms with E-state index in [1.54, 1.807) is 0 Å². The van der Waals surface area contributed by atoms with Gasteiger partial charge in [-0.25, -0.2) is 0 Å². The van der Waals surface area contributed by atoms with Crippen LogP contribution >= 0.6 is 11.6 Å². The SMILES string of the molecule is Cc1ccc(Cl)cc1NC1CCC(C#N)CC1. The van der Waals surface area contributed by atoms with E-state index in [0.29, 0.717) is 6.04 Å². The van der Waals surface area contributed by atoms with Gasteiger partial charge in [-0.15, -0.1) is 0 Å². The number of nitrogens with one attached hydrogen (secondary N) is 1. The normalized spacial score (nSPS) is 24.1. The lowest BCUT2D eigenvalue weighted by molar-refractivity contribution is 0.397. The molecule has 0 saturated heterocycles. The fourth-order valence-corrected chi connectivity index (χ4v) is 2.51. The fourth-order valence-electron chi connectivity index (χ4n) is 2.34. The number of nitrogens with zero attached hydrogens (tertiary/aromatic N) is 1. The highest BCUT2D eigenvalue weighted by Gasteiger charge is 2.20. The topological polar surface area (TPSA) is 35.8 Å². The summed E-state index contributed by atoms with van der Waals surface area (Å²) in [5.74, 6) is 0.258. The van der Waals surface area contributed by atoms with E-state index < -0.39 is 0 Å². The number of hydrogen-bond acceptors (Lipinski definition) is 2. The molecule has 0 atom stereocenters. The summed E-state index contributed by atoms with van der Waals surface area (Å²) < 4.78 is 0. The molecular formula is C14H17ClN2. The van der Waals surface area contributed by atoms with Gasteiger partial charge in [0.2, 0.25) is 0 Å². The molecule has 0 spiro atoms. The molecule has 0 unspecified atom stereocenters. The monoisotopic (exact) mass is 248 g/mol. The highest BCUT2D eigenvalue weighted by molar-refractivity contribution is 6.30. The number of nitriles is 1. The van der Waals surface area contributed by atoms with Gasteiger partial charge in [-0.3, -0.25) is 0 Å². The van der Waals surface area contributed by atoms with E-state index >= 15 is 0 Å². The van der Waals surface area contributed by atoms with Gasteiger partial charge in [-0.05, 0) is 50.3 Å². The number of anilines is 1. The quantitative estimate of drug-likeness (QED) is 0.854. The minimum absolute atomic E-state index is 0.258. The Balaban J connectivity index is 1.98. The second kappa shape index (κ2) is 5.42. The molecular weight excluding hydrogens is 232 g/mol. The Morgan fingerprint density at radius 3 is 2.65 bits per heavy atom. The summed E-state index contributed by atoms with van der Waals surface area (Å²) in [4.78, 5) is 0. The molecule has 17 heavy (non-hydrogen) atoms. The Kier molecular flexibility index (Phi) is 3.91. The van der Waals surface area contributed by atoms with Crippen LogP contribution in [0.25, 0.3) is 0 Å². The van der Waals surface area contributed by atoms with Crippen molar-refractivity contribution < 1.29 is 0 Å². The largest absolute Gasteiger partial charge is 0.382 e. The van der Waals surface area contributed by atoms with Gasteiger partial charge in [0, 0.05) is 22.7 Å². The lowest BCUT2D eigenvalue weighted by atomic mass is 9.87. The van der Waals surface area contributed by atoms with Crippen molar-refractivity contribution in [3.8, 4) is 6.07 Å². The molecule has 2 nitrogen and oxygen atoms in total. The molecule has 1 aliphatic carbocycles. The molecule has 2 rings (SSSR count). The van der Waals surface area contributed by atoms with Crippen molar-refractivity contribution in [2.75, 3.05) is 5.32 Å². The van der Waals surface area contributed by atoms with Crippen LogP contribution in [0, 0.1) is 24.2 Å². The minimum atomic E-state index is 0.258. The predicted molar refractivity (Wildman–Crippen MR) is 71.2 cm³/mol. The first-order valence-electron chi connectivity index (χ1n) is 6.11. The van der Waals surface area contributed by atoms with Gasteiger partial charge in [0.25, 0.3) is 0 Å². The van der Waals surface area contributed by atoms with Crippen LogP contribution in [0.15, 0.2) is 18.2 Å². The van der Waals surface area contributed by atoms with E-state index in [4.69, 9.17) is 16.9 Å². The van der Waals surface area contributed by atoms with E-state index in [9.17, 15) is 0 Å². The molecule has 0 heterocycles. The molecule has 1 aromatic carbocycles. The fraction of sp³-hybridized carbons (Fsp3) is 0.500. The molecule has 1 saturated carbocycles. The van der Waals surface area contributed by atoms with Crippen molar-refractivity contribution in [1.29, 1.82) is 5.26 Å². The van der Waals surface area contributed by atoms with E-state index in [1.165, 1.54) is 5.56 Å².